The summed E-state index contributed by atoms with van der Waals surface area (Å²) in [5, 5.41) is 2.97. The summed E-state index contributed by atoms with van der Waals surface area (Å²) in [4.78, 5) is 11.5. The number of esters is 1. The average molecular weight is 289 g/mol. The first-order valence-corrected chi connectivity index (χ1v) is 6.12. The maximum absolute atomic E-state index is 12.5. The van der Waals surface area contributed by atoms with Crippen molar-refractivity contribution in [3.63, 3.8) is 0 Å². The number of nitrogens with one attached hydrogen (secondary N) is 1. The predicted molar refractivity (Wildman–Crippen MR) is 68.9 cm³/mol. The van der Waals surface area contributed by atoms with E-state index in [-0.39, 0.29) is 12.5 Å². The normalized spacial score (nSPS) is 12.3. The van der Waals surface area contributed by atoms with E-state index in [2.05, 4.69) is 10.1 Å². The molecule has 1 N–H and O–H groups in total. The summed E-state index contributed by atoms with van der Waals surface area (Å²) < 4.78 is 42.3. The van der Waals surface area contributed by atoms with Crippen LogP contribution in [-0.4, -0.2) is 19.6 Å². The molecule has 0 spiro atoms. The Morgan fingerprint density at radius 2 is 1.95 bits per heavy atom. The van der Waals surface area contributed by atoms with E-state index in [0.29, 0.717) is 12.1 Å². The first-order valence-electron chi connectivity index (χ1n) is 6.12. The van der Waals surface area contributed by atoms with Crippen LogP contribution in [0, 0.1) is 5.41 Å². The molecule has 3 nitrogen and oxygen atoms in total. The maximum atomic E-state index is 12.5. The van der Waals surface area contributed by atoms with Crippen molar-refractivity contribution >= 4 is 5.97 Å². The highest BCUT2D eigenvalue weighted by atomic mass is 19.4. The Bertz CT molecular complexity index is 470. The Morgan fingerprint density at radius 3 is 2.50 bits per heavy atom. The second-order valence-electron chi connectivity index (χ2n) is 5.18. The minimum absolute atomic E-state index is 0.254. The molecule has 0 fully saturated rings. The Kier molecular flexibility index (Phi) is 5.16. The minimum atomic E-state index is -4.35. The van der Waals surface area contributed by atoms with Gasteiger partial charge >= 0.3 is 12.1 Å². The van der Waals surface area contributed by atoms with Gasteiger partial charge in [-0.15, -0.1) is 0 Å². The van der Waals surface area contributed by atoms with Crippen molar-refractivity contribution in [1.29, 1.82) is 0 Å². The van der Waals surface area contributed by atoms with Gasteiger partial charge in [-0.05, 0) is 25.5 Å². The zero-order chi connectivity index (χ0) is 15.4. The smallest absolute Gasteiger partial charge is 0.416 e. The lowest BCUT2D eigenvalue weighted by molar-refractivity contribution is -0.150. The molecule has 0 saturated carbocycles. The molecule has 0 aliphatic carbocycles. The molecule has 1 aromatic rings. The second kappa shape index (κ2) is 6.26. The molecule has 0 amide bonds. The van der Waals surface area contributed by atoms with Crippen molar-refractivity contribution < 1.29 is 22.7 Å². The van der Waals surface area contributed by atoms with Gasteiger partial charge in [0.15, 0.2) is 0 Å². The van der Waals surface area contributed by atoms with Gasteiger partial charge < -0.3 is 10.1 Å². The zero-order valence-electron chi connectivity index (χ0n) is 11.7. The van der Waals surface area contributed by atoms with Gasteiger partial charge in [0.2, 0.25) is 0 Å². The monoisotopic (exact) mass is 289 g/mol. The van der Waals surface area contributed by atoms with Gasteiger partial charge in [-0.25, -0.2) is 0 Å². The third kappa shape index (κ3) is 4.52. The summed E-state index contributed by atoms with van der Waals surface area (Å²) in [6, 6.07) is 5.10. The molecule has 6 heteroatoms. The van der Waals surface area contributed by atoms with E-state index in [9.17, 15) is 18.0 Å². The van der Waals surface area contributed by atoms with Crippen molar-refractivity contribution in [2.24, 2.45) is 5.41 Å². The molecular formula is C14H18F3NO2. The third-order valence-electron chi connectivity index (χ3n) is 2.89. The number of methoxy groups -OCH3 is 1. The van der Waals surface area contributed by atoms with Crippen molar-refractivity contribution in [3.05, 3.63) is 35.4 Å². The first-order chi connectivity index (χ1) is 9.16. The van der Waals surface area contributed by atoms with Crippen molar-refractivity contribution in [3.8, 4) is 0 Å². The highest BCUT2D eigenvalue weighted by Crippen LogP contribution is 2.29. The quantitative estimate of drug-likeness (QED) is 0.847. The van der Waals surface area contributed by atoms with Gasteiger partial charge in [-0.2, -0.15) is 13.2 Å². The lowest BCUT2D eigenvalue weighted by Gasteiger charge is -2.22. The van der Waals surface area contributed by atoms with E-state index in [4.69, 9.17) is 0 Å². The van der Waals surface area contributed by atoms with E-state index in [1.54, 1.807) is 19.9 Å². The molecule has 0 atom stereocenters. The number of carbonyl (C=O) groups is 1. The fourth-order valence-electron chi connectivity index (χ4n) is 1.73. The maximum Gasteiger partial charge on any atom is 0.416 e. The Hall–Kier alpha value is -1.56. The van der Waals surface area contributed by atoms with E-state index in [1.807, 2.05) is 0 Å². The van der Waals surface area contributed by atoms with Crippen LogP contribution in [0.4, 0.5) is 13.2 Å². The largest absolute Gasteiger partial charge is 0.469 e. The van der Waals surface area contributed by atoms with Crippen LogP contribution in [0.25, 0.3) is 0 Å². The Labute approximate surface area is 116 Å². The first kappa shape index (κ1) is 16.5. The summed E-state index contributed by atoms with van der Waals surface area (Å²) in [5.74, 6) is -0.367. The number of benzene rings is 1. The van der Waals surface area contributed by atoms with Gasteiger partial charge in [-0.1, -0.05) is 18.2 Å². The summed E-state index contributed by atoms with van der Waals surface area (Å²) in [6.45, 7) is 3.98. The minimum Gasteiger partial charge on any atom is -0.469 e. The number of hydrogen-bond donors (Lipinski definition) is 1. The summed E-state index contributed by atoms with van der Waals surface area (Å²) in [5.41, 5.74) is -0.888. The lowest BCUT2D eigenvalue weighted by Crippen LogP contribution is -2.36. The molecule has 0 radical (unpaired) electrons. The molecule has 0 aromatic heterocycles. The standard InChI is InChI=1S/C14H18F3NO2/c1-13(2,12(19)20-3)9-18-8-10-5-4-6-11(7-10)14(15,16)17/h4-7,18H,8-9H2,1-3H3. The second-order valence-corrected chi connectivity index (χ2v) is 5.18. The predicted octanol–water partition coefficient (Wildman–Crippen LogP) is 2.99. The number of ether oxygens (including phenoxy) is 1. The van der Waals surface area contributed by atoms with Crippen molar-refractivity contribution in [1.82, 2.24) is 5.32 Å². The topological polar surface area (TPSA) is 38.3 Å². The van der Waals surface area contributed by atoms with E-state index >= 15 is 0 Å². The van der Waals surface area contributed by atoms with Crippen LogP contribution < -0.4 is 5.32 Å². The highest BCUT2D eigenvalue weighted by Gasteiger charge is 2.30. The molecule has 0 saturated heterocycles. The third-order valence-corrected chi connectivity index (χ3v) is 2.89. The van der Waals surface area contributed by atoms with Crippen LogP contribution in [0.2, 0.25) is 0 Å². The van der Waals surface area contributed by atoms with Gasteiger partial charge in [0, 0.05) is 13.1 Å². The number of hydrogen-bond acceptors (Lipinski definition) is 3. The van der Waals surface area contributed by atoms with Crippen LogP contribution in [0.3, 0.4) is 0 Å². The van der Waals surface area contributed by atoms with Gasteiger partial charge in [0.05, 0.1) is 18.1 Å². The highest BCUT2D eigenvalue weighted by molar-refractivity contribution is 5.76. The van der Waals surface area contributed by atoms with Gasteiger partial charge in [0.25, 0.3) is 0 Å². The molecule has 0 bridgehead atoms. The fraction of sp³-hybridized carbons (Fsp3) is 0.500. The summed E-state index contributed by atoms with van der Waals surface area (Å²) >= 11 is 0. The molecule has 1 rings (SSSR count). The molecule has 112 valence electrons. The van der Waals surface area contributed by atoms with Gasteiger partial charge in [0.1, 0.15) is 0 Å². The zero-order valence-corrected chi connectivity index (χ0v) is 11.7. The number of rotatable bonds is 5. The average Bonchev–Trinajstić information content (AvgIpc) is 2.37. The van der Waals surface area contributed by atoms with Gasteiger partial charge in [-0.3, -0.25) is 4.79 Å². The molecule has 20 heavy (non-hydrogen) atoms. The fourth-order valence-corrected chi connectivity index (χ4v) is 1.73. The Morgan fingerprint density at radius 1 is 1.30 bits per heavy atom. The van der Waals surface area contributed by atoms with Crippen LogP contribution in [0.15, 0.2) is 24.3 Å². The number of alkyl halides is 3. The van der Waals surface area contributed by atoms with E-state index in [1.165, 1.54) is 13.2 Å². The van der Waals surface area contributed by atoms with Crippen LogP contribution >= 0.6 is 0 Å². The molecule has 0 unspecified atom stereocenters. The molecule has 0 aliphatic heterocycles. The molecule has 1 aromatic carbocycles. The summed E-state index contributed by atoms with van der Waals surface area (Å²) in [7, 11) is 1.30. The molecule has 0 heterocycles. The van der Waals surface area contributed by atoms with E-state index in [0.717, 1.165) is 12.1 Å². The summed E-state index contributed by atoms with van der Waals surface area (Å²) in [6.07, 6.45) is -4.35. The van der Waals surface area contributed by atoms with Crippen LogP contribution in [0.1, 0.15) is 25.0 Å². The number of halogens is 3. The molecule has 0 aliphatic rings. The SMILES string of the molecule is COC(=O)C(C)(C)CNCc1cccc(C(F)(F)F)c1. The van der Waals surface area contributed by atoms with Crippen LogP contribution in [0.5, 0.6) is 0 Å². The number of carbonyl (C=O) groups excluding carboxylic acids is 1. The lowest BCUT2D eigenvalue weighted by atomic mass is 9.93. The van der Waals surface area contributed by atoms with Crippen molar-refractivity contribution in [2.45, 2.75) is 26.6 Å². The van der Waals surface area contributed by atoms with Crippen LogP contribution in [-0.2, 0) is 22.3 Å². The van der Waals surface area contributed by atoms with Crippen molar-refractivity contribution in [2.75, 3.05) is 13.7 Å². The Balaban J connectivity index is 2.61. The molecular weight excluding hydrogens is 271 g/mol. The van der Waals surface area contributed by atoms with E-state index < -0.39 is 17.2 Å².